The van der Waals surface area contributed by atoms with Gasteiger partial charge in [0.2, 0.25) is 5.91 Å². The van der Waals surface area contributed by atoms with Crippen LogP contribution < -0.4 is 5.32 Å². The molecule has 0 aliphatic rings. The van der Waals surface area contributed by atoms with E-state index in [0.29, 0.717) is 17.7 Å². The van der Waals surface area contributed by atoms with Crippen molar-refractivity contribution in [2.24, 2.45) is 5.92 Å². The Kier molecular flexibility index (Phi) is 5.91. The molecule has 1 aromatic carbocycles. The van der Waals surface area contributed by atoms with Gasteiger partial charge in [0.1, 0.15) is 11.3 Å². The SMILES string of the molecule is CC(C)CCS(=O)(=O)C(C)C(=O)Nc1ccccc1C#N. The molecule has 0 aliphatic heterocycles. The first-order valence-electron chi connectivity index (χ1n) is 6.79. The zero-order chi connectivity index (χ0) is 16.0. The first kappa shape index (κ1) is 17.2. The van der Waals surface area contributed by atoms with Gasteiger partial charge in [0.15, 0.2) is 9.84 Å². The van der Waals surface area contributed by atoms with Crippen molar-refractivity contribution in [2.45, 2.75) is 32.4 Å². The lowest BCUT2D eigenvalue weighted by Gasteiger charge is -2.14. The molecule has 114 valence electrons. The minimum Gasteiger partial charge on any atom is -0.324 e. The minimum absolute atomic E-state index is 0.0147. The van der Waals surface area contributed by atoms with Crippen LogP contribution in [0.3, 0.4) is 0 Å². The Hall–Kier alpha value is -1.87. The van der Waals surface area contributed by atoms with Crippen molar-refractivity contribution in [2.75, 3.05) is 11.1 Å². The molecule has 1 atom stereocenters. The number of carbonyl (C=O) groups excluding carboxylic acids is 1. The molecule has 5 nitrogen and oxygen atoms in total. The maximum absolute atomic E-state index is 12.1. The van der Waals surface area contributed by atoms with Crippen LogP contribution >= 0.6 is 0 Å². The average molecular weight is 308 g/mol. The third-order valence-electron chi connectivity index (χ3n) is 3.19. The largest absolute Gasteiger partial charge is 0.324 e. The Labute approximate surface area is 125 Å². The van der Waals surface area contributed by atoms with E-state index < -0.39 is 21.0 Å². The smallest absolute Gasteiger partial charge is 0.242 e. The van der Waals surface area contributed by atoms with E-state index in [1.807, 2.05) is 19.9 Å². The van der Waals surface area contributed by atoms with Crippen LogP contribution in [0.2, 0.25) is 0 Å². The predicted octanol–water partition coefficient (Wildman–Crippen LogP) is 2.35. The maximum Gasteiger partial charge on any atom is 0.242 e. The number of benzene rings is 1. The highest BCUT2D eigenvalue weighted by Crippen LogP contribution is 2.16. The maximum atomic E-state index is 12.1. The van der Waals surface area contributed by atoms with E-state index in [-0.39, 0.29) is 11.7 Å². The second-order valence-corrected chi connectivity index (χ2v) is 7.78. The van der Waals surface area contributed by atoms with Gasteiger partial charge in [-0.25, -0.2) is 8.42 Å². The first-order chi connectivity index (χ1) is 9.77. The number of hydrogen-bond donors (Lipinski definition) is 1. The van der Waals surface area contributed by atoms with Crippen LogP contribution in [0.1, 0.15) is 32.8 Å². The molecule has 1 amide bonds. The molecule has 0 heterocycles. The number of nitrogens with zero attached hydrogens (tertiary/aromatic N) is 1. The van der Waals surface area contributed by atoms with Crippen LogP contribution in [-0.2, 0) is 14.6 Å². The lowest BCUT2D eigenvalue weighted by molar-refractivity contribution is -0.115. The molecule has 1 N–H and O–H groups in total. The Morgan fingerprint density at radius 3 is 2.48 bits per heavy atom. The van der Waals surface area contributed by atoms with Crippen molar-refractivity contribution in [3.63, 3.8) is 0 Å². The Bertz CT molecular complexity index is 645. The van der Waals surface area contributed by atoms with Crippen LogP contribution in [0.4, 0.5) is 5.69 Å². The van der Waals surface area contributed by atoms with E-state index >= 15 is 0 Å². The van der Waals surface area contributed by atoms with Crippen LogP contribution in [0, 0.1) is 17.2 Å². The summed E-state index contributed by atoms with van der Waals surface area (Å²) in [6, 6.07) is 8.44. The Morgan fingerprint density at radius 1 is 1.29 bits per heavy atom. The normalized spacial score (nSPS) is 12.7. The predicted molar refractivity (Wildman–Crippen MR) is 82.5 cm³/mol. The summed E-state index contributed by atoms with van der Waals surface area (Å²) in [7, 11) is -3.49. The van der Waals surface area contributed by atoms with E-state index in [9.17, 15) is 13.2 Å². The summed E-state index contributed by atoms with van der Waals surface area (Å²) in [5.41, 5.74) is 0.633. The fourth-order valence-electron chi connectivity index (χ4n) is 1.66. The van der Waals surface area contributed by atoms with Crippen LogP contribution in [0.25, 0.3) is 0 Å². The summed E-state index contributed by atoms with van der Waals surface area (Å²) in [6.07, 6.45) is 0.523. The van der Waals surface area contributed by atoms with Crippen LogP contribution in [-0.4, -0.2) is 25.3 Å². The van der Waals surface area contributed by atoms with E-state index in [1.54, 1.807) is 24.3 Å². The number of rotatable bonds is 6. The van der Waals surface area contributed by atoms with Gasteiger partial charge in [0.05, 0.1) is 17.0 Å². The van der Waals surface area contributed by atoms with Gasteiger partial charge in [-0.3, -0.25) is 4.79 Å². The fraction of sp³-hybridized carbons (Fsp3) is 0.467. The molecule has 1 unspecified atom stereocenters. The molecule has 0 aromatic heterocycles. The molecule has 6 heteroatoms. The number of para-hydroxylation sites is 1. The van der Waals surface area contributed by atoms with E-state index in [2.05, 4.69) is 5.32 Å². The summed E-state index contributed by atoms with van der Waals surface area (Å²) in [4.78, 5) is 12.1. The lowest BCUT2D eigenvalue weighted by Crippen LogP contribution is -2.34. The highest BCUT2D eigenvalue weighted by Gasteiger charge is 2.28. The monoisotopic (exact) mass is 308 g/mol. The number of nitrogens with one attached hydrogen (secondary N) is 1. The van der Waals surface area contributed by atoms with Gasteiger partial charge in [-0.15, -0.1) is 0 Å². The molecule has 0 fully saturated rings. The topological polar surface area (TPSA) is 87.0 Å². The summed E-state index contributed by atoms with van der Waals surface area (Å²) in [5, 5.41) is 10.3. The molecule has 1 aromatic rings. The average Bonchev–Trinajstić information content (AvgIpc) is 2.45. The van der Waals surface area contributed by atoms with E-state index in [1.165, 1.54) is 6.92 Å². The van der Waals surface area contributed by atoms with Crippen LogP contribution in [0.5, 0.6) is 0 Å². The van der Waals surface area contributed by atoms with E-state index in [0.717, 1.165) is 0 Å². The summed E-state index contributed by atoms with van der Waals surface area (Å²) < 4.78 is 24.2. The Balaban J connectivity index is 2.82. The highest BCUT2D eigenvalue weighted by atomic mass is 32.2. The van der Waals surface area contributed by atoms with Gasteiger partial charge in [0, 0.05) is 0 Å². The molecule has 0 spiro atoms. The highest BCUT2D eigenvalue weighted by molar-refractivity contribution is 7.92. The van der Waals surface area contributed by atoms with Gasteiger partial charge in [-0.05, 0) is 31.4 Å². The van der Waals surface area contributed by atoms with Crippen molar-refractivity contribution in [1.29, 1.82) is 5.26 Å². The molecule has 0 aliphatic carbocycles. The molecule has 0 bridgehead atoms. The molecular weight excluding hydrogens is 288 g/mol. The van der Waals surface area contributed by atoms with Crippen molar-refractivity contribution in [3.8, 4) is 6.07 Å². The molecule has 0 saturated carbocycles. The second kappa shape index (κ2) is 7.23. The van der Waals surface area contributed by atoms with Gasteiger partial charge in [0.25, 0.3) is 0 Å². The summed E-state index contributed by atoms with van der Waals surface area (Å²) in [5.74, 6) is -0.366. The van der Waals surface area contributed by atoms with Gasteiger partial charge < -0.3 is 5.32 Å². The standard InChI is InChI=1S/C15H20N2O3S/c1-11(2)8-9-21(19,20)12(3)15(18)17-14-7-5-4-6-13(14)10-16/h4-7,11-12H,8-9H2,1-3H3,(H,17,18). The molecule has 1 rings (SSSR count). The van der Waals surface area contributed by atoms with Gasteiger partial charge in [-0.1, -0.05) is 26.0 Å². The van der Waals surface area contributed by atoms with Crippen LogP contribution in [0.15, 0.2) is 24.3 Å². The summed E-state index contributed by atoms with van der Waals surface area (Å²) in [6.45, 7) is 5.24. The lowest BCUT2D eigenvalue weighted by atomic mass is 10.2. The third-order valence-corrected chi connectivity index (χ3v) is 5.29. The number of sulfone groups is 1. The van der Waals surface area contributed by atoms with E-state index in [4.69, 9.17) is 5.26 Å². The third kappa shape index (κ3) is 4.87. The van der Waals surface area contributed by atoms with Crippen molar-refractivity contribution < 1.29 is 13.2 Å². The molecule has 0 radical (unpaired) electrons. The van der Waals surface area contributed by atoms with Gasteiger partial charge in [-0.2, -0.15) is 5.26 Å². The molecular formula is C15H20N2O3S. The molecule has 21 heavy (non-hydrogen) atoms. The summed E-state index contributed by atoms with van der Waals surface area (Å²) >= 11 is 0. The van der Waals surface area contributed by atoms with Crippen molar-refractivity contribution in [1.82, 2.24) is 0 Å². The molecule has 0 saturated heterocycles. The first-order valence-corrected chi connectivity index (χ1v) is 8.51. The van der Waals surface area contributed by atoms with Crippen molar-refractivity contribution in [3.05, 3.63) is 29.8 Å². The zero-order valence-corrected chi connectivity index (χ0v) is 13.3. The number of carbonyl (C=O) groups is 1. The Morgan fingerprint density at radius 2 is 1.90 bits per heavy atom. The number of anilines is 1. The zero-order valence-electron chi connectivity index (χ0n) is 12.5. The minimum atomic E-state index is -3.49. The number of nitriles is 1. The van der Waals surface area contributed by atoms with Crippen molar-refractivity contribution >= 4 is 21.4 Å². The van der Waals surface area contributed by atoms with Gasteiger partial charge >= 0.3 is 0 Å². The fourth-order valence-corrected chi connectivity index (χ4v) is 3.20. The second-order valence-electron chi connectivity index (χ2n) is 5.34. The number of hydrogen-bond acceptors (Lipinski definition) is 4. The quantitative estimate of drug-likeness (QED) is 0.874. The number of amides is 1.